The van der Waals surface area contributed by atoms with Gasteiger partial charge in [0.2, 0.25) is 11.8 Å². The van der Waals surface area contributed by atoms with Crippen LogP contribution in [0.5, 0.6) is 0 Å². The lowest BCUT2D eigenvalue weighted by Gasteiger charge is -2.27. The molecule has 4 atom stereocenters. The summed E-state index contributed by atoms with van der Waals surface area (Å²) in [5.41, 5.74) is 0.618. The van der Waals surface area contributed by atoms with Crippen molar-refractivity contribution in [2.75, 3.05) is 6.54 Å². The molecule has 11 heteroatoms. The highest BCUT2D eigenvalue weighted by Gasteiger charge is 2.30. The van der Waals surface area contributed by atoms with Crippen LogP contribution in [0, 0.1) is 34.5 Å². The summed E-state index contributed by atoms with van der Waals surface area (Å²) in [4.78, 5) is 25.3. The third-order valence-corrected chi connectivity index (χ3v) is 5.86. The van der Waals surface area contributed by atoms with Crippen molar-refractivity contribution >= 4 is 24.6 Å². The van der Waals surface area contributed by atoms with Crippen LogP contribution in [-0.4, -0.2) is 70.5 Å². The molecule has 0 fully saturated rings. The zero-order valence-corrected chi connectivity index (χ0v) is 23.5. The van der Waals surface area contributed by atoms with Gasteiger partial charge >= 0.3 is 7.12 Å². The average molecular weight is 522 g/mol. The molecule has 2 amide bonds. The number of carbonyl (C=O) groups excluding carboxylic acids is 2. The minimum atomic E-state index is -1.71. The van der Waals surface area contributed by atoms with Crippen LogP contribution in [0.1, 0.15) is 80.6 Å². The van der Waals surface area contributed by atoms with E-state index in [1.807, 2.05) is 27.7 Å². The van der Waals surface area contributed by atoms with Crippen LogP contribution < -0.4 is 16.0 Å². The van der Waals surface area contributed by atoms with Crippen molar-refractivity contribution in [1.29, 1.82) is 10.7 Å². The second-order valence-corrected chi connectivity index (χ2v) is 10.8. The summed E-state index contributed by atoms with van der Waals surface area (Å²) in [5.74, 6) is -1.44. The first-order chi connectivity index (χ1) is 17.2. The molecule has 0 rings (SSSR count). The number of hydrogen-bond acceptors (Lipinski definition) is 8. The maximum Gasteiger partial charge on any atom is 0.475 e. The maximum atomic E-state index is 13.1. The zero-order valence-electron chi connectivity index (χ0n) is 23.5. The van der Waals surface area contributed by atoms with E-state index < -0.39 is 37.2 Å². The summed E-state index contributed by atoms with van der Waals surface area (Å²) in [6, 6.07) is 0.731. The highest BCUT2D eigenvalue weighted by molar-refractivity contribution is 6.43. The Kier molecular flexibility index (Phi) is 17.0. The van der Waals surface area contributed by atoms with Gasteiger partial charge in [-0.3, -0.25) is 9.59 Å². The number of amides is 2. The van der Waals surface area contributed by atoms with E-state index in [2.05, 4.69) is 22.0 Å². The average Bonchev–Trinajstić information content (AvgIpc) is 2.79. The van der Waals surface area contributed by atoms with Gasteiger partial charge in [-0.1, -0.05) is 54.0 Å². The van der Waals surface area contributed by atoms with Crippen LogP contribution in [0.25, 0.3) is 0 Å². The van der Waals surface area contributed by atoms with E-state index in [4.69, 9.17) is 5.41 Å². The minimum absolute atomic E-state index is 0.128. The van der Waals surface area contributed by atoms with Crippen LogP contribution >= 0.6 is 0 Å². The topological polar surface area (TPSA) is 179 Å². The standard InChI is InChI=1S/C26H48BN5O5/c1-16(2)12-20(14-28)21(29)10-8-9-11-22(26(35)32-24(27(36)37)13-17(3)4)30-15-23(19(7)33)31-25(34)18(5)6/h12,16-19,22-24,29-30,33,36-37H,8-11,13,15H2,1-7H3,(H,31,34)(H,32,35). The van der Waals surface area contributed by atoms with Crippen molar-refractivity contribution in [3.63, 3.8) is 0 Å². The third kappa shape index (κ3) is 14.9. The molecular weight excluding hydrogens is 473 g/mol. The summed E-state index contributed by atoms with van der Waals surface area (Å²) in [6.45, 7) is 12.9. The molecule has 0 saturated carbocycles. The predicted octanol–water partition coefficient (Wildman–Crippen LogP) is 1.70. The lowest BCUT2D eigenvalue weighted by atomic mass is 9.75. The molecule has 7 N–H and O–H groups in total. The summed E-state index contributed by atoms with van der Waals surface area (Å²) in [7, 11) is -1.71. The van der Waals surface area contributed by atoms with Crippen LogP contribution in [0.15, 0.2) is 11.6 Å². The molecule has 4 unspecified atom stereocenters. The van der Waals surface area contributed by atoms with Crippen molar-refractivity contribution in [2.24, 2.45) is 17.8 Å². The Labute approximate surface area is 222 Å². The molecular formula is C26H48BN5O5. The lowest BCUT2D eigenvalue weighted by Crippen LogP contribution is -2.56. The van der Waals surface area contributed by atoms with Gasteiger partial charge in [-0.25, -0.2) is 0 Å². The molecule has 0 aromatic rings. The van der Waals surface area contributed by atoms with E-state index in [-0.39, 0.29) is 35.9 Å². The highest BCUT2D eigenvalue weighted by atomic mass is 16.4. The molecule has 0 heterocycles. The Morgan fingerprint density at radius 3 is 2.11 bits per heavy atom. The summed E-state index contributed by atoms with van der Waals surface area (Å²) >= 11 is 0. The third-order valence-electron chi connectivity index (χ3n) is 5.86. The predicted molar refractivity (Wildman–Crippen MR) is 147 cm³/mol. The van der Waals surface area contributed by atoms with Gasteiger partial charge in [-0.2, -0.15) is 5.26 Å². The molecule has 10 nitrogen and oxygen atoms in total. The number of nitrogens with one attached hydrogen (secondary N) is 4. The second-order valence-electron chi connectivity index (χ2n) is 10.8. The van der Waals surface area contributed by atoms with Crippen molar-refractivity contribution in [3.8, 4) is 6.07 Å². The van der Waals surface area contributed by atoms with E-state index in [1.165, 1.54) is 0 Å². The maximum absolute atomic E-state index is 13.1. The van der Waals surface area contributed by atoms with Crippen LogP contribution in [0.3, 0.4) is 0 Å². The molecule has 0 radical (unpaired) electrons. The lowest BCUT2D eigenvalue weighted by molar-refractivity contribution is -0.125. The van der Waals surface area contributed by atoms with Crippen molar-refractivity contribution in [2.45, 2.75) is 105 Å². The van der Waals surface area contributed by atoms with Crippen molar-refractivity contribution in [3.05, 3.63) is 11.6 Å². The van der Waals surface area contributed by atoms with Crippen LogP contribution in [-0.2, 0) is 9.59 Å². The number of nitriles is 1. The van der Waals surface area contributed by atoms with Gasteiger partial charge in [0.15, 0.2) is 0 Å². The van der Waals surface area contributed by atoms with Gasteiger partial charge in [0, 0.05) is 18.2 Å². The Bertz CT molecular complexity index is 793. The van der Waals surface area contributed by atoms with Gasteiger partial charge < -0.3 is 36.5 Å². The number of rotatable bonds is 18. The molecule has 0 spiro atoms. The van der Waals surface area contributed by atoms with Crippen LogP contribution in [0.4, 0.5) is 0 Å². The van der Waals surface area contributed by atoms with Crippen LogP contribution in [0.2, 0.25) is 0 Å². The number of carbonyl (C=O) groups is 2. The van der Waals surface area contributed by atoms with Gasteiger partial charge in [0.25, 0.3) is 0 Å². The summed E-state index contributed by atoms with van der Waals surface area (Å²) in [6.07, 6.45) is 3.22. The van der Waals surface area contributed by atoms with E-state index in [9.17, 15) is 30.0 Å². The second kappa shape index (κ2) is 18.1. The van der Waals surface area contributed by atoms with E-state index in [0.717, 1.165) is 0 Å². The Balaban J connectivity index is 5.38. The smallest absolute Gasteiger partial charge is 0.426 e. The minimum Gasteiger partial charge on any atom is -0.426 e. The summed E-state index contributed by atoms with van der Waals surface area (Å²) in [5, 5.41) is 55.7. The largest absolute Gasteiger partial charge is 0.475 e. The summed E-state index contributed by atoms with van der Waals surface area (Å²) < 4.78 is 0. The fraction of sp³-hybridized carbons (Fsp3) is 0.769. The molecule has 0 aromatic heterocycles. The van der Waals surface area contributed by atoms with Crippen molar-refractivity contribution < 1.29 is 24.7 Å². The number of nitrogens with zero attached hydrogens (tertiary/aromatic N) is 1. The molecule has 210 valence electrons. The van der Waals surface area contributed by atoms with Gasteiger partial charge in [0.1, 0.15) is 6.07 Å². The molecule has 37 heavy (non-hydrogen) atoms. The molecule has 0 aliphatic heterocycles. The SMILES string of the molecule is CC(C)C=C(C#N)C(=N)CCCCC(NCC(NC(=O)C(C)C)C(C)O)C(=O)NC(CC(C)C)B(O)O. The number of unbranched alkanes of at least 4 members (excludes halogenated alkanes) is 1. The van der Waals surface area contributed by atoms with Gasteiger partial charge in [-0.15, -0.1) is 0 Å². The highest BCUT2D eigenvalue weighted by Crippen LogP contribution is 2.12. The van der Waals surface area contributed by atoms with E-state index in [1.54, 1.807) is 26.8 Å². The van der Waals surface area contributed by atoms with Gasteiger partial charge in [0.05, 0.1) is 29.7 Å². The number of aliphatic hydroxyl groups excluding tert-OH is 1. The Hall–Kier alpha value is -2.26. The first-order valence-corrected chi connectivity index (χ1v) is 13.3. The fourth-order valence-electron chi connectivity index (χ4n) is 3.66. The van der Waals surface area contributed by atoms with E-state index >= 15 is 0 Å². The molecule has 0 aliphatic rings. The number of aliphatic hydroxyl groups is 1. The van der Waals surface area contributed by atoms with Crippen molar-refractivity contribution in [1.82, 2.24) is 16.0 Å². The van der Waals surface area contributed by atoms with Gasteiger partial charge in [-0.05, 0) is 44.4 Å². The first kappa shape index (κ1) is 34.7. The van der Waals surface area contributed by atoms with E-state index in [0.29, 0.717) is 37.7 Å². The monoisotopic (exact) mass is 521 g/mol. The number of hydrogen-bond donors (Lipinski definition) is 7. The molecule has 0 saturated heterocycles. The normalized spacial score (nSPS) is 15.2. The quantitative estimate of drug-likeness (QED) is 0.0621. The molecule has 0 aromatic carbocycles. The fourth-order valence-corrected chi connectivity index (χ4v) is 3.66. The molecule has 0 aliphatic carbocycles. The number of allylic oxidation sites excluding steroid dienone is 2. The Morgan fingerprint density at radius 1 is 1.03 bits per heavy atom. The first-order valence-electron chi connectivity index (χ1n) is 13.3. The Morgan fingerprint density at radius 2 is 1.65 bits per heavy atom. The zero-order chi connectivity index (χ0) is 28.7. The molecule has 0 bridgehead atoms.